The van der Waals surface area contributed by atoms with Crippen LogP contribution in [0.25, 0.3) is 0 Å². The van der Waals surface area contributed by atoms with Gasteiger partial charge in [0.1, 0.15) is 4.90 Å². The van der Waals surface area contributed by atoms with E-state index in [0.29, 0.717) is 23.9 Å². The van der Waals surface area contributed by atoms with E-state index in [2.05, 4.69) is 44.1 Å². The second kappa shape index (κ2) is 8.33. The average Bonchev–Trinajstić information content (AvgIpc) is 2.99. The minimum absolute atomic E-state index is 0.286. The lowest BCUT2D eigenvalue weighted by atomic mass is 9.98. The molecule has 2 N–H and O–H groups in total. The minimum Gasteiger partial charge on any atom is -0.303 e. The van der Waals surface area contributed by atoms with Crippen LogP contribution < -0.4 is 4.72 Å². The van der Waals surface area contributed by atoms with Gasteiger partial charge in [-0.2, -0.15) is 5.10 Å². The van der Waals surface area contributed by atoms with Gasteiger partial charge in [0.05, 0.1) is 11.4 Å². The van der Waals surface area contributed by atoms with E-state index in [0.717, 1.165) is 38.9 Å². The molecule has 142 valence electrons. The molecule has 0 amide bonds. The number of likely N-dealkylation sites (tertiary alicyclic amines) is 1. The molecule has 0 unspecified atom stereocenters. The summed E-state index contributed by atoms with van der Waals surface area (Å²) in [6, 6.07) is 10.5. The summed E-state index contributed by atoms with van der Waals surface area (Å²) in [5.74, 6) is 0.349. The first kappa shape index (κ1) is 19.1. The molecule has 0 aliphatic carbocycles. The van der Waals surface area contributed by atoms with Crippen molar-refractivity contribution in [2.45, 2.75) is 38.0 Å². The zero-order valence-corrected chi connectivity index (χ0v) is 16.3. The number of aromatic amines is 1. The van der Waals surface area contributed by atoms with Crippen LogP contribution in [0.4, 0.5) is 0 Å². The van der Waals surface area contributed by atoms with Gasteiger partial charge in [0.2, 0.25) is 10.0 Å². The normalized spacial score (nSPS) is 18.9. The zero-order valence-electron chi connectivity index (χ0n) is 15.5. The predicted molar refractivity (Wildman–Crippen MR) is 103 cm³/mol. The largest absolute Gasteiger partial charge is 0.303 e. The van der Waals surface area contributed by atoms with E-state index in [4.69, 9.17) is 0 Å². The van der Waals surface area contributed by atoms with E-state index < -0.39 is 10.0 Å². The van der Waals surface area contributed by atoms with E-state index in [1.165, 1.54) is 5.56 Å². The first-order chi connectivity index (χ1) is 12.5. The molecule has 2 aromatic rings. The molecule has 0 spiro atoms. The first-order valence-corrected chi connectivity index (χ1v) is 10.7. The van der Waals surface area contributed by atoms with Gasteiger partial charge in [-0.05, 0) is 51.1 Å². The second-order valence-corrected chi connectivity index (χ2v) is 8.86. The molecule has 3 rings (SSSR count). The van der Waals surface area contributed by atoms with Gasteiger partial charge in [0.25, 0.3) is 0 Å². The van der Waals surface area contributed by atoms with E-state index in [9.17, 15) is 8.42 Å². The summed E-state index contributed by atoms with van der Waals surface area (Å²) in [7, 11) is -3.51. The lowest BCUT2D eigenvalue weighted by Crippen LogP contribution is -2.41. The van der Waals surface area contributed by atoms with Crippen molar-refractivity contribution in [2.75, 3.05) is 26.2 Å². The van der Waals surface area contributed by atoms with Crippen LogP contribution in [0.3, 0.4) is 0 Å². The van der Waals surface area contributed by atoms with Crippen LogP contribution >= 0.6 is 0 Å². The molecule has 0 radical (unpaired) electrons. The molecule has 1 aromatic carbocycles. The zero-order chi connectivity index (χ0) is 18.6. The van der Waals surface area contributed by atoms with Crippen LogP contribution in [0, 0.1) is 19.8 Å². The molecule has 1 aliphatic rings. The predicted octanol–water partition coefficient (Wildman–Crippen LogP) is 2.26. The maximum Gasteiger partial charge on any atom is 0.244 e. The fraction of sp³-hybridized carbons (Fsp3) is 0.526. The highest BCUT2D eigenvalue weighted by molar-refractivity contribution is 7.89. The van der Waals surface area contributed by atoms with Crippen molar-refractivity contribution >= 4 is 10.0 Å². The fourth-order valence-corrected chi connectivity index (χ4v) is 5.17. The highest BCUT2D eigenvalue weighted by Crippen LogP contribution is 2.19. The highest BCUT2D eigenvalue weighted by atomic mass is 32.2. The average molecular weight is 377 g/mol. The third-order valence-electron chi connectivity index (χ3n) is 5.05. The van der Waals surface area contributed by atoms with E-state index in [1.54, 1.807) is 13.8 Å². The number of hydrogen-bond acceptors (Lipinski definition) is 4. The van der Waals surface area contributed by atoms with Crippen LogP contribution in [0.1, 0.15) is 29.8 Å². The monoisotopic (exact) mass is 376 g/mol. The smallest absolute Gasteiger partial charge is 0.244 e. The molecule has 1 fully saturated rings. The third-order valence-corrected chi connectivity index (χ3v) is 6.74. The summed E-state index contributed by atoms with van der Waals surface area (Å²) in [5, 5.41) is 6.73. The molecular formula is C19H28N4O2S. The number of benzene rings is 1. The molecular weight excluding hydrogens is 348 g/mol. The van der Waals surface area contributed by atoms with Gasteiger partial charge in [0.15, 0.2) is 0 Å². The van der Waals surface area contributed by atoms with E-state index in [-0.39, 0.29) is 4.90 Å². The van der Waals surface area contributed by atoms with Gasteiger partial charge in [-0.15, -0.1) is 0 Å². The summed E-state index contributed by atoms with van der Waals surface area (Å²) in [6.07, 6.45) is 3.21. The maximum absolute atomic E-state index is 12.6. The Morgan fingerprint density at radius 1 is 1.27 bits per heavy atom. The van der Waals surface area contributed by atoms with Crippen molar-refractivity contribution in [1.29, 1.82) is 0 Å². The number of nitrogens with zero attached hydrogens (tertiary/aromatic N) is 2. The number of hydrogen-bond donors (Lipinski definition) is 2. The van der Waals surface area contributed by atoms with Crippen molar-refractivity contribution in [1.82, 2.24) is 19.8 Å². The summed E-state index contributed by atoms with van der Waals surface area (Å²) in [4.78, 5) is 2.73. The van der Waals surface area contributed by atoms with E-state index >= 15 is 0 Å². The standard InChI is InChI=1S/C19H28N4O2S/c1-15-19(16(2)22-21-15)26(24,25)20-13-18-9-6-11-23(14-18)12-10-17-7-4-3-5-8-17/h3-5,7-8,18,20H,6,9-14H2,1-2H3,(H,21,22)/t18-/m0/s1. The lowest BCUT2D eigenvalue weighted by molar-refractivity contribution is 0.178. The quantitative estimate of drug-likeness (QED) is 0.777. The van der Waals surface area contributed by atoms with Crippen molar-refractivity contribution < 1.29 is 8.42 Å². The molecule has 7 heteroatoms. The molecule has 26 heavy (non-hydrogen) atoms. The number of rotatable bonds is 7. The van der Waals surface area contributed by atoms with Crippen molar-refractivity contribution in [3.63, 3.8) is 0 Å². The summed E-state index contributed by atoms with van der Waals surface area (Å²) in [6.45, 7) is 6.99. The number of aryl methyl sites for hydroxylation is 2. The number of sulfonamides is 1. The Morgan fingerprint density at radius 2 is 2.04 bits per heavy atom. The molecule has 2 heterocycles. The van der Waals surface area contributed by atoms with Crippen LogP contribution in [0.5, 0.6) is 0 Å². The van der Waals surface area contributed by atoms with Gasteiger partial charge in [-0.25, -0.2) is 13.1 Å². The summed E-state index contributed by atoms with van der Waals surface area (Å²) >= 11 is 0. The van der Waals surface area contributed by atoms with Gasteiger partial charge < -0.3 is 4.90 Å². The Kier molecular flexibility index (Phi) is 6.11. The molecule has 1 aliphatic heterocycles. The number of H-pyrrole nitrogens is 1. The van der Waals surface area contributed by atoms with Crippen molar-refractivity contribution in [3.8, 4) is 0 Å². The third kappa shape index (κ3) is 4.72. The van der Waals surface area contributed by atoms with Crippen molar-refractivity contribution in [2.24, 2.45) is 5.92 Å². The van der Waals surface area contributed by atoms with Crippen LogP contribution in [0.15, 0.2) is 35.2 Å². The summed E-state index contributed by atoms with van der Waals surface area (Å²) < 4.78 is 28.0. The Labute approximate surface area is 156 Å². The topological polar surface area (TPSA) is 78.1 Å². The lowest BCUT2D eigenvalue weighted by Gasteiger charge is -2.32. The minimum atomic E-state index is -3.51. The second-order valence-electron chi connectivity index (χ2n) is 7.16. The Balaban J connectivity index is 1.52. The SMILES string of the molecule is Cc1n[nH]c(C)c1S(=O)(=O)NC[C@@H]1CCCN(CCc2ccccc2)C1. The molecule has 1 saturated heterocycles. The van der Waals surface area contributed by atoms with Gasteiger partial charge in [-0.1, -0.05) is 30.3 Å². The van der Waals surface area contributed by atoms with Crippen LogP contribution in [0.2, 0.25) is 0 Å². The van der Waals surface area contributed by atoms with Crippen LogP contribution in [-0.4, -0.2) is 49.7 Å². The van der Waals surface area contributed by atoms with E-state index in [1.807, 2.05) is 6.07 Å². The molecule has 1 atom stereocenters. The highest BCUT2D eigenvalue weighted by Gasteiger charge is 2.25. The maximum atomic E-state index is 12.6. The number of aromatic nitrogens is 2. The Bertz CT molecular complexity index is 798. The molecule has 6 nitrogen and oxygen atoms in total. The van der Waals surface area contributed by atoms with Crippen LogP contribution in [-0.2, 0) is 16.4 Å². The number of nitrogens with one attached hydrogen (secondary N) is 2. The van der Waals surface area contributed by atoms with Gasteiger partial charge in [-0.3, -0.25) is 5.10 Å². The Morgan fingerprint density at radius 3 is 2.73 bits per heavy atom. The first-order valence-electron chi connectivity index (χ1n) is 9.23. The number of piperidine rings is 1. The van der Waals surface area contributed by atoms with Gasteiger partial charge in [0, 0.05) is 19.6 Å². The van der Waals surface area contributed by atoms with Gasteiger partial charge >= 0.3 is 0 Å². The molecule has 0 bridgehead atoms. The Hall–Kier alpha value is -1.70. The van der Waals surface area contributed by atoms with Crippen molar-refractivity contribution in [3.05, 3.63) is 47.3 Å². The molecule has 1 aromatic heterocycles. The summed E-state index contributed by atoms with van der Waals surface area (Å²) in [5.41, 5.74) is 2.45. The fourth-order valence-electron chi connectivity index (χ4n) is 3.69. The molecule has 0 saturated carbocycles.